The fraction of sp³-hybridized carbons (Fsp3) is 1.00. The van der Waals surface area contributed by atoms with Crippen molar-refractivity contribution >= 4 is 17.7 Å². The smallest absolute Gasteiger partial charge is 0.289 e. The Morgan fingerprint density at radius 3 is 2.46 bits per heavy atom. The Hall–Kier alpha value is 0.530. The Morgan fingerprint density at radius 1 is 1.31 bits per heavy atom. The number of rotatable bonds is 3. The lowest BCUT2D eigenvalue weighted by Gasteiger charge is -2.10. The summed E-state index contributed by atoms with van der Waals surface area (Å²) >= 11 is 0. The molecule has 0 aliphatic heterocycles. The van der Waals surface area contributed by atoms with E-state index in [1.54, 1.807) is 6.92 Å². The molecule has 0 amide bonds. The van der Waals surface area contributed by atoms with Gasteiger partial charge in [-0.1, -0.05) is 6.42 Å². The fourth-order valence-corrected chi connectivity index (χ4v) is 5.19. The van der Waals surface area contributed by atoms with Crippen LogP contribution in [0.2, 0.25) is 0 Å². The number of hydrogen-bond donors (Lipinski definition) is 2. The molecule has 0 radical (unpaired) electrons. The van der Waals surface area contributed by atoms with Crippen molar-refractivity contribution in [3.05, 3.63) is 0 Å². The summed E-state index contributed by atoms with van der Waals surface area (Å²) in [5.74, 6) is 0. The minimum atomic E-state index is -3.09. The van der Waals surface area contributed by atoms with Gasteiger partial charge in [-0.2, -0.15) is 0 Å². The highest BCUT2D eigenvalue weighted by Gasteiger charge is 2.31. The van der Waals surface area contributed by atoms with Crippen LogP contribution in [0.5, 0.6) is 0 Å². The standard InChI is InChI=1S/C8H18O3PS/c1-2-11-12(9,10)13-8-6-4-3-5-7-8/h8-10H,2-7H2,1H3/q+1. The zero-order chi connectivity index (χ0) is 9.73. The monoisotopic (exact) mass is 225 g/mol. The van der Waals surface area contributed by atoms with Gasteiger partial charge in [0.15, 0.2) is 5.25 Å². The zero-order valence-corrected chi connectivity index (χ0v) is 9.69. The minimum absolute atomic E-state index is 0.375. The summed E-state index contributed by atoms with van der Waals surface area (Å²) in [6.07, 6.45) is 5.91. The molecule has 0 spiro atoms. The lowest BCUT2D eigenvalue weighted by Crippen LogP contribution is -2.11. The van der Waals surface area contributed by atoms with Gasteiger partial charge in [0, 0.05) is 12.8 Å². The third-order valence-corrected chi connectivity index (χ3v) is 5.81. The first-order valence-corrected chi connectivity index (χ1v) is 7.91. The van der Waals surface area contributed by atoms with E-state index in [4.69, 9.17) is 4.52 Å². The van der Waals surface area contributed by atoms with Gasteiger partial charge in [0.2, 0.25) is 10.9 Å². The molecule has 1 rings (SSSR count). The third-order valence-electron chi connectivity index (χ3n) is 2.14. The summed E-state index contributed by atoms with van der Waals surface area (Å²) in [6.45, 7) is -0.938. The van der Waals surface area contributed by atoms with E-state index in [0.717, 1.165) is 12.8 Å². The van der Waals surface area contributed by atoms with Crippen molar-refractivity contribution in [2.24, 2.45) is 0 Å². The molecular formula is C8H18O3PS+. The van der Waals surface area contributed by atoms with E-state index in [-0.39, 0.29) is 0 Å². The van der Waals surface area contributed by atoms with Crippen LogP contribution in [0.1, 0.15) is 39.0 Å². The van der Waals surface area contributed by atoms with E-state index in [2.05, 4.69) is 0 Å². The van der Waals surface area contributed by atoms with Crippen molar-refractivity contribution in [2.75, 3.05) is 6.61 Å². The zero-order valence-electron chi connectivity index (χ0n) is 7.98. The highest BCUT2D eigenvalue weighted by atomic mass is 32.5. The predicted molar refractivity (Wildman–Crippen MR) is 57.2 cm³/mol. The predicted octanol–water partition coefficient (Wildman–Crippen LogP) is 2.10. The van der Waals surface area contributed by atoms with Crippen LogP contribution in [0.25, 0.3) is 0 Å². The van der Waals surface area contributed by atoms with Crippen LogP contribution >= 0.6 is 6.72 Å². The van der Waals surface area contributed by atoms with E-state index in [0.29, 0.717) is 11.9 Å². The highest BCUT2D eigenvalue weighted by molar-refractivity contribution is 8.17. The molecule has 2 N–H and O–H groups in total. The molecule has 0 bridgehead atoms. The van der Waals surface area contributed by atoms with Gasteiger partial charge in [0.05, 0.1) is 6.61 Å². The Labute approximate surface area is 83.3 Å². The SMILES string of the molecule is CCOP(O)(O)=[S+]C1CCCCC1. The maximum atomic E-state index is 9.47. The summed E-state index contributed by atoms with van der Waals surface area (Å²) in [6, 6.07) is 0. The maximum absolute atomic E-state index is 9.47. The molecule has 0 aromatic heterocycles. The summed E-state index contributed by atoms with van der Waals surface area (Å²) in [5, 5.41) is 0.392. The molecule has 0 unspecified atom stereocenters. The fourth-order valence-electron chi connectivity index (χ4n) is 1.56. The first-order chi connectivity index (χ1) is 6.14. The Balaban J connectivity index is 2.50. The molecule has 13 heavy (non-hydrogen) atoms. The third kappa shape index (κ3) is 4.52. The van der Waals surface area contributed by atoms with Gasteiger partial charge in [-0.15, -0.1) is 0 Å². The van der Waals surface area contributed by atoms with E-state index in [9.17, 15) is 9.79 Å². The molecule has 1 saturated carbocycles. The Morgan fingerprint density at radius 2 is 1.92 bits per heavy atom. The van der Waals surface area contributed by atoms with Crippen molar-refractivity contribution < 1.29 is 14.3 Å². The molecule has 0 saturated heterocycles. The van der Waals surface area contributed by atoms with Gasteiger partial charge >= 0.3 is 6.72 Å². The van der Waals surface area contributed by atoms with Gasteiger partial charge in [0.25, 0.3) is 0 Å². The molecule has 0 atom stereocenters. The van der Waals surface area contributed by atoms with Crippen molar-refractivity contribution in [3.63, 3.8) is 0 Å². The van der Waals surface area contributed by atoms with E-state index in [1.165, 1.54) is 30.2 Å². The van der Waals surface area contributed by atoms with E-state index >= 15 is 0 Å². The average molecular weight is 225 g/mol. The van der Waals surface area contributed by atoms with Crippen LogP contribution in [0.3, 0.4) is 0 Å². The van der Waals surface area contributed by atoms with Crippen molar-refractivity contribution in [2.45, 2.75) is 44.3 Å². The first kappa shape index (κ1) is 11.6. The largest absolute Gasteiger partial charge is 0.517 e. The second kappa shape index (κ2) is 5.42. The van der Waals surface area contributed by atoms with Crippen LogP contribution < -0.4 is 0 Å². The molecule has 3 nitrogen and oxygen atoms in total. The molecule has 1 aliphatic carbocycles. The lowest BCUT2D eigenvalue weighted by molar-refractivity contribution is 0.265. The molecule has 5 heteroatoms. The van der Waals surface area contributed by atoms with Crippen LogP contribution in [-0.4, -0.2) is 21.6 Å². The van der Waals surface area contributed by atoms with E-state index in [1.807, 2.05) is 0 Å². The summed E-state index contributed by atoms with van der Waals surface area (Å²) in [7, 11) is 1.25. The molecule has 78 valence electrons. The molecule has 0 heterocycles. The van der Waals surface area contributed by atoms with Gasteiger partial charge in [-0.25, -0.2) is 0 Å². The molecule has 1 aliphatic rings. The maximum Gasteiger partial charge on any atom is 0.517 e. The average Bonchev–Trinajstić information content (AvgIpc) is 2.04. The van der Waals surface area contributed by atoms with Crippen molar-refractivity contribution in [1.82, 2.24) is 0 Å². The second-order valence-electron chi connectivity index (χ2n) is 3.27. The van der Waals surface area contributed by atoms with Gasteiger partial charge in [-0.3, -0.25) is 14.3 Å². The van der Waals surface area contributed by atoms with E-state index < -0.39 is 6.72 Å². The van der Waals surface area contributed by atoms with Crippen LogP contribution in [0.4, 0.5) is 0 Å². The summed E-state index contributed by atoms with van der Waals surface area (Å²) in [4.78, 5) is 18.9. The quantitative estimate of drug-likeness (QED) is 0.571. The van der Waals surface area contributed by atoms with Crippen molar-refractivity contribution in [1.29, 1.82) is 0 Å². The van der Waals surface area contributed by atoms with Gasteiger partial charge in [-0.05, 0) is 19.8 Å². The Kier molecular flexibility index (Phi) is 4.84. The summed E-state index contributed by atoms with van der Waals surface area (Å²) in [5.41, 5.74) is 0. The van der Waals surface area contributed by atoms with Crippen LogP contribution in [0.15, 0.2) is 0 Å². The normalized spacial score (nSPS) is 20.2. The van der Waals surface area contributed by atoms with Crippen LogP contribution in [-0.2, 0) is 15.5 Å². The van der Waals surface area contributed by atoms with Crippen LogP contribution in [0, 0.1) is 0 Å². The molecular weight excluding hydrogens is 207 g/mol. The second-order valence-corrected chi connectivity index (χ2v) is 7.45. The van der Waals surface area contributed by atoms with Crippen molar-refractivity contribution in [3.8, 4) is 0 Å². The van der Waals surface area contributed by atoms with Gasteiger partial charge < -0.3 is 0 Å². The molecule has 0 aromatic rings. The molecule has 0 aromatic carbocycles. The number of hydrogen-bond acceptors (Lipinski definition) is 1. The first-order valence-electron chi connectivity index (χ1n) is 4.81. The Bertz CT molecular complexity index is 196. The lowest BCUT2D eigenvalue weighted by atomic mass is 10.0. The minimum Gasteiger partial charge on any atom is -0.289 e. The summed E-state index contributed by atoms with van der Waals surface area (Å²) < 4.78 is 4.92. The molecule has 1 fully saturated rings. The highest BCUT2D eigenvalue weighted by Crippen LogP contribution is 2.41. The van der Waals surface area contributed by atoms with Gasteiger partial charge in [0.1, 0.15) is 0 Å². The topological polar surface area (TPSA) is 49.7 Å².